The number of nitrogens with one attached hydrogen (secondary N) is 1. The van der Waals surface area contributed by atoms with Gasteiger partial charge in [-0.2, -0.15) is 11.3 Å². The van der Waals surface area contributed by atoms with Gasteiger partial charge >= 0.3 is 0 Å². The number of guanidine groups is 1. The van der Waals surface area contributed by atoms with E-state index < -0.39 is 0 Å². The van der Waals surface area contributed by atoms with Crippen LogP contribution < -0.4 is 10.1 Å². The van der Waals surface area contributed by atoms with Crippen molar-refractivity contribution in [1.82, 2.24) is 10.2 Å². The molecule has 2 N–H and O–H groups in total. The SMILES string of the molecule is CCNC(=NCc1cccc(OC)c1O)N(C)Cc1ccsc1.I. The number of methoxy groups -OCH3 is 1. The Hall–Kier alpha value is -1.48. The number of hydrogen-bond donors (Lipinski definition) is 2. The zero-order valence-electron chi connectivity index (χ0n) is 14.2. The summed E-state index contributed by atoms with van der Waals surface area (Å²) in [5.41, 5.74) is 2.00. The minimum Gasteiger partial charge on any atom is -0.504 e. The van der Waals surface area contributed by atoms with E-state index in [1.807, 2.05) is 26.1 Å². The average Bonchev–Trinajstić information content (AvgIpc) is 3.05. The summed E-state index contributed by atoms with van der Waals surface area (Å²) in [5.74, 6) is 1.42. The third-order valence-electron chi connectivity index (χ3n) is 3.40. The lowest BCUT2D eigenvalue weighted by molar-refractivity contribution is 0.370. The summed E-state index contributed by atoms with van der Waals surface area (Å²) in [7, 11) is 3.55. The number of para-hydroxylation sites is 1. The van der Waals surface area contributed by atoms with Gasteiger partial charge in [-0.25, -0.2) is 4.99 Å². The van der Waals surface area contributed by atoms with Crippen molar-refractivity contribution in [2.75, 3.05) is 20.7 Å². The summed E-state index contributed by atoms with van der Waals surface area (Å²) in [5, 5.41) is 17.6. The molecule has 0 unspecified atom stereocenters. The first-order chi connectivity index (χ1) is 11.2. The highest BCUT2D eigenvalue weighted by molar-refractivity contribution is 14.0. The summed E-state index contributed by atoms with van der Waals surface area (Å²) < 4.78 is 5.13. The molecule has 0 spiro atoms. The van der Waals surface area contributed by atoms with E-state index in [2.05, 4.69) is 32.0 Å². The highest BCUT2D eigenvalue weighted by Crippen LogP contribution is 2.29. The van der Waals surface area contributed by atoms with E-state index in [1.54, 1.807) is 24.5 Å². The van der Waals surface area contributed by atoms with Crippen LogP contribution in [0.2, 0.25) is 0 Å². The van der Waals surface area contributed by atoms with E-state index in [0.29, 0.717) is 12.3 Å². The molecule has 0 aliphatic rings. The fraction of sp³-hybridized carbons (Fsp3) is 0.353. The highest BCUT2D eigenvalue weighted by atomic mass is 127. The van der Waals surface area contributed by atoms with Gasteiger partial charge in [0.1, 0.15) is 0 Å². The van der Waals surface area contributed by atoms with Gasteiger partial charge < -0.3 is 20.1 Å². The van der Waals surface area contributed by atoms with Crippen LogP contribution >= 0.6 is 35.3 Å². The number of hydrogen-bond acceptors (Lipinski definition) is 4. The van der Waals surface area contributed by atoms with Gasteiger partial charge in [-0.3, -0.25) is 0 Å². The van der Waals surface area contributed by atoms with Crippen molar-refractivity contribution >= 4 is 41.3 Å². The van der Waals surface area contributed by atoms with Crippen LogP contribution in [-0.2, 0) is 13.1 Å². The Labute approximate surface area is 164 Å². The predicted octanol–water partition coefficient (Wildman–Crippen LogP) is 3.68. The average molecular weight is 461 g/mol. The maximum atomic E-state index is 10.2. The van der Waals surface area contributed by atoms with Gasteiger partial charge in [0.05, 0.1) is 13.7 Å². The Balaban J connectivity index is 0.00000288. The van der Waals surface area contributed by atoms with Gasteiger partial charge in [-0.05, 0) is 35.4 Å². The largest absolute Gasteiger partial charge is 0.504 e. The van der Waals surface area contributed by atoms with Gasteiger partial charge in [-0.1, -0.05) is 12.1 Å². The number of rotatable bonds is 6. The molecule has 0 radical (unpaired) electrons. The second-order valence-corrected chi connectivity index (χ2v) is 5.91. The maximum absolute atomic E-state index is 10.2. The lowest BCUT2D eigenvalue weighted by atomic mass is 10.2. The summed E-state index contributed by atoms with van der Waals surface area (Å²) in [4.78, 5) is 6.69. The number of thiophene rings is 1. The second kappa shape index (κ2) is 10.4. The molecule has 5 nitrogen and oxygen atoms in total. The van der Waals surface area contributed by atoms with Gasteiger partial charge in [0.15, 0.2) is 17.5 Å². The first-order valence-electron chi connectivity index (χ1n) is 7.51. The summed E-state index contributed by atoms with van der Waals surface area (Å²) in [6.07, 6.45) is 0. The number of aliphatic imine (C=N–C) groups is 1. The molecule has 1 aromatic heterocycles. The van der Waals surface area contributed by atoms with Crippen LogP contribution in [0.5, 0.6) is 11.5 Å². The maximum Gasteiger partial charge on any atom is 0.194 e. The van der Waals surface area contributed by atoms with E-state index in [0.717, 1.165) is 24.6 Å². The molecule has 0 fully saturated rings. The zero-order chi connectivity index (χ0) is 16.7. The van der Waals surface area contributed by atoms with Crippen LogP contribution in [0.25, 0.3) is 0 Å². The van der Waals surface area contributed by atoms with Crippen LogP contribution in [-0.4, -0.2) is 36.7 Å². The van der Waals surface area contributed by atoms with Crippen molar-refractivity contribution in [2.45, 2.75) is 20.0 Å². The van der Waals surface area contributed by atoms with Crippen LogP contribution in [0.3, 0.4) is 0 Å². The third kappa shape index (κ3) is 5.55. The van der Waals surface area contributed by atoms with Crippen LogP contribution in [0.1, 0.15) is 18.1 Å². The molecule has 0 aliphatic heterocycles. The third-order valence-corrected chi connectivity index (χ3v) is 4.13. The standard InChI is InChI=1S/C17H23N3O2S.HI/c1-4-18-17(20(2)11-13-8-9-23-12-13)19-10-14-6-5-7-15(22-3)16(14)21;/h5-9,12,21H,4,10-11H2,1-3H3,(H,18,19);1H. The minimum absolute atomic E-state index is 0. The van der Waals surface area contributed by atoms with Gasteiger partial charge in [-0.15, -0.1) is 24.0 Å². The highest BCUT2D eigenvalue weighted by Gasteiger charge is 2.09. The smallest absolute Gasteiger partial charge is 0.194 e. The quantitative estimate of drug-likeness (QED) is 0.392. The number of nitrogens with zero attached hydrogens (tertiary/aromatic N) is 2. The zero-order valence-corrected chi connectivity index (χ0v) is 17.3. The fourth-order valence-electron chi connectivity index (χ4n) is 2.22. The number of phenolic OH excluding ortho intramolecular Hbond substituents is 1. The Bertz CT molecular complexity index is 647. The molecule has 1 heterocycles. The lowest BCUT2D eigenvalue weighted by Gasteiger charge is -2.21. The molecule has 0 bridgehead atoms. The Morgan fingerprint density at radius 2 is 2.17 bits per heavy atom. The van der Waals surface area contributed by atoms with Crippen molar-refractivity contribution in [2.24, 2.45) is 4.99 Å². The molecule has 0 saturated heterocycles. The molecular weight excluding hydrogens is 437 g/mol. The number of ether oxygens (including phenoxy) is 1. The first-order valence-corrected chi connectivity index (χ1v) is 8.45. The van der Waals surface area contributed by atoms with E-state index in [1.165, 1.54) is 5.56 Å². The van der Waals surface area contributed by atoms with Crippen LogP contribution in [0.15, 0.2) is 40.0 Å². The number of aromatic hydroxyl groups is 1. The molecule has 7 heteroatoms. The second-order valence-electron chi connectivity index (χ2n) is 5.13. The molecule has 0 atom stereocenters. The first kappa shape index (κ1) is 20.6. The van der Waals surface area contributed by atoms with Crippen LogP contribution in [0.4, 0.5) is 0 Å². The topological polar surface area (TPSA) is 57.1 Å². The molecule has 2 rings (SSSR count). The van der Waals surface area contributed by atoms with E-state index in [4.69, 9.17) is 4.74 Å². The Morgan fingerprint density at radius 1 is 1.38 bits per heavy atom. The molecular formula is C17H24IN3O2S. The Kier molecular flexibility index (Phi) is 8.91. The Morgan fingerprint density at radius 3 is 2.79 bits per heavy atom. The normalized spacial score (nSPS) is 10.9. The van der Waals surface area contributed by atoms with Gasteiger partial charge in [0, 0.05) is 25.7 Å². The predicted molar refractivity (Wildman–Crippen MR) is 111 cm³/mol. The van der Waals surface area contributed by atoms with E-state index >= 15 is 0 Å². The number of benzene rings is 1. The van der Waals surface area contributed by atoms with Crippen molar-refractivity contribution in [3.63, 3.8) is 0 Å². The summed E-state index contributed by atoms with van der Waals surface area (Å²) >= 11 is 1.69. The van der Waals surface area contributed by atoms with Crippen molar-refractivity contribution in [3.8, 4) is 11.5 Å². The van der Waals surface area contributed by atoms with E-state index in [-0.39, 0.29) is 29.7 Å². The number of phenols is 1. The summed E-state index contributed by atoms with van der Waals surface area (Å²) in [6.45, 7) is 4.01. The minimum atomic E-state index is 0. The van der Waals surface area contributed by atoms with Gasteiger partial charge in [0.2, 0.25) is 0 Å². The van der Waals surface area contributed by atoms with E-state index in [9.17, 15) is 5.11 Å². The molecule has 0 aliphatic carbocycles. The van der Waals surface area contributed by atoms with Crippen LogP contribution in [0, 0.1) is 0 Å². The van der Waals surface area contributed by atoms with Crippen molar-refractivity contribution in [1.29, 1.82) is 0 Å². The van der Waals surface area contributed by atoms with Crippen molar-refractivity contribution < 1.29 is 9.84 Å². The monoisotopic (exact) mass is 461 g/mol. The molecule has 0 amide bonds. The molecule has 24 heavy (non-hydrogen) atoms. The molecule has 1 aromatic carbocycles. The molecule has 2 aromatic rings. The lowest BCUT2D eigenvalue weighted by Crippen LogP contribution is -2.38. The molecule has 132 valence electrons. The summed E-state index contributed by atoms with van der Waals surface area (Å²) in [6, 6.07) is 7.55. The molecule has 0 saturated carbocycles. The van der Waals surface area contributed by atoms with Crippen molar-refractivity contribution in [3.05, 3.63) is 46.2 Å². The number of halogens is 1. The fourth-order valence-corrected chi connectivity index (χ4v) is 2.88. The van der Waals surface area contributed by atoms with Gasteiger partial charge in [0.25, 0.3) is 0 Å².